The number of benzene rings is 19. The van der Waals surface area contributed by atoms with Crippen molar-refractivity contribution in [1.82, 2.24) is 19.9 Å². The monoisotopic (exact) mass is 1470 g/mol. The SMILES string of the molecule is c1ccc(-c2cc(-c3ccccc3)nc(-c3ccc(-c4cc(-c5ccc6c7ccccc7c7ccccc7c6c5)c5cc(-c6ccc7c8ccccc8c8ccccc8c7c6)c6ccccc6c5n4)cc3)c2)cc1.c1ccc(-c2cc3c(-c4ccccc4)cc(-c4ccc(-c5ccc6ccccc6n5)cc4)nc3c3ccccc23)cc1. The fourth-order valence-electron chi connectivity index (χ4n) is 17.8. The molecule has 23 aromatic rings. The third kappa shape index (κ3) is 11.9. The Morgan fingerprint density at radius 3 is 0.828 bits per heavy atom. The molecule has 4 aromatic heterocycles. The zero-order chi connectivity index (χ0) is 76.6. The fraction of sp³-hybridized carbons (Fsp3) is 0. The highest BCUT2D eigenvalue weighted by atomic mass is 14.7. The summed E-state index contributed by atoms with van der Waals surface area (Å²) in [5.41, 5.74) is 24.8. The number of rotatable bonds is 10. The van der Waals surface area contributed by atoms with E-state index in [2.05, 4.69) is 413 Å². The Labute approximate surface area is 670 Å². The fourth-order valence-corrected chi connectivity index (χ4v) is 17.8. The van der Waals surface area contributed by atoms with Crippen molar-refractivity contribution in [1.29, 1.82) is 0 Å². The Bertz CT molecular complexity index is 7710. The number of nitrogens with zero attached hydrogens (tertiary/aromatic N) is 4. The van der Waals surface area contributed by atoms with Crippen LogP contribution in [0.4, 0.5) is 0 Å². The molecule has 19 aromatic carbocycles. The molecule has 0 atom stereocenters. The molecule has 116 heavy (non-hydrogen) atoms. The molecule has 0 aliphatic heterocycles. The van der Waals surface area contributed by atoms with Gasteiger partial charge in [-0.15, -0.1) is 0 Å². The molecular formula is C112H70N4. The van der Waals surface area contributed by atoms with Gasteiger partial charge in [-0.1, -0.05) is 364 Å². The van der Waals surface area contributed by atoms with Crippen LogP contribution in [0.2, 0.25) is 0 Å². The minimum Gasteiger partial charge on any atom is -0.248 e. The van der Waals surface area contributed by atoms with Crippen molar-refractivity contribution in [3.05, 3.63) is 425 Å². The van der Waals surface area contributed by atoms with E-state index in [0.29, 0.717) is 0 Å². The zero-order valence-electron chi connectivity index (χ0n) is 63.2. The minimum atomic E-state index is 0.917. The summed E-state index contributed by atoms with van der Waals surface area (Å²) in [7, 11) is 0. The molecule has 0 saturated heterocycles. The first kappa shape index (κ1) is 67.5. The second kappa shape index (κ2) is 28.4. The second-order valence-corrected chi connectivity index (χ2v) is 30.2. The molecule has 0 unspecified atom stereocenters. The summed E-state index contributed by atoms with van der Waals surface area (Å²) < 4.78 is 0. The van der Waals surface area contributed by atoms with E-state index in [0.717, 1.165) is 122 Å². The first-order valence-electron chi connectivity index (χ1n) is 39.7. The maximum absolute atomic E-state index is 5.67. The van der Waals surface area contributed by atoms with Crippen LogP contribution in [-0.2, 0) is 0 Å². The quantitative estimate of drug-likeness (QED) is 0.128. The van der Waals surface area contributed by atoms with Crippen LogP contribution in [0.25, 0.3) is 231 Å². The van der Waals surface area contributed by atoms with E-state index in [1.807, 2.05) is 12.1 Å². The van der Waals surface area contributed by atoms with Gasteiger partial charge in [-0.25, -0.2) is 19.9 Å². The van der Waals surface area contributed by atoms with Crippen LogP contribution in [0.5, 0.6) is 0 Å². The minimum absolute atomic E-state index is 0.917. The van der Waals surface area contributed by atoms with Gasteiger partial charge in [0.05, 0.1) is 45.0 Å². The molecule has 0 aliphatic rings. The van der Waals surface area contributed by atoms with Crippen LogP contribution in [0, 0.1) is 0 Å². The van der Waals surface area contributed by atoms with Gasteiger partial charge >= 0.3 is 0 Å². The highest BCUT2D eigenvalue weighted by molar-refractivity contribution is 6.28. The van der Waals surface area contributed by atoms with Crippen molar-refractivity contribution in [3.8, 4) is 112 Å². The lowest BCUT2D eigenvalue weighted by molar-refractivity contribution is 1.32. The van der Waals surface area contributed by atoms with Crippen molar-refractivity contribution in [2.24, 2.45) is 0 Å². The molecule has 0 N–H and O–H groups in total. The summed E-state index contributed by atoms with van der Waals surface area (Å²) in [5, 5.41) is 23.2. The maximum atomic E-state index is 5.67. The van der Waals surface area contributed by atoms with Crippen LogP contribution in [0.15, 0.2) is 425 Å². The van der Waals surface area contributed by atoms with E-state index >= 15 is 0 Å². The molecule has 538 valence electrons. The van der Waals surface area contributed by atoms with Crippen molar-refractivity contribution in [2.45, 2.75) is 0 Å². The maximum Gasteiger partial charge on any atom is 0.0794 e. The smallest absolute Gasteiger partial charge is 0.0794 e. The Morgan fingerprint density at radius 1 is 0.121 bits per heavy atom. The molecule has 0 amide bonds. The molecule has 0 aliphatic carbocycles. The predicted octanol–water partition coefficient (Wildman–Crippen LogP) is 30.3. The summed E-state index contributed by atoms with van der Waals surface area (Å²) in [6, 6.07) is 153. The van der Waals surface area contributed by atoms with Gasteiger partial charge in [0, 0.05) is 54.7 Å². The summed E-state index contributed by atoms with van der Waals surface area (Å²) in [4.78, 5) is 21.1. The molecule has 0 radical (unpaired) electrons. The van der Waals surface area contributed by atoms with Crippen molar-refractivity contribution in [3.63, 3.8) is 0 Å². The number of hydrogen-bond donors (Lipinski definition) is 0. The van der Waals surface area contributed by atoms with E-state index in [1.165, 1.54) is 109 Å². The molecule has 4 heterocycles. The van der Waals surface area contributed by atoms with Crippen LogP contribution in [-0.4, -0.2) is 19.9 Å². The number of fused-ring (bicyclic) bond motifs is 19. The van der Waals surface area contributed by atoms with Gasteiger partial charge in [-0.05, 0) is 192 Å². The molecular weight excluding hydrogens is 1400 g/mol. The zero-order valence-corrected chi connectivity index (χ0v) is 63.2. The van der Waals surface area contributed by atoms with Crippen LogP contribution >= 0.6 is 0 Å². The average Bonchev–Trinajstić information content (AvgIpc) is 0.734. The van der Waals surface area contributed by atoms with E-state index in [4.69, 9.17) is 19.9 Å². The first-order valence-corrected chi connectivity index (χ1v) is 39.7. The van der Waals surface area contributed by atoms with Crippen molar-refractivity contribution < 1.29 is 0 Å². The van der Waals surface area contributed by atoms with Crippen molar-refractivity contribution >= 4 is 119 Å². The Balaban J connectivity index is 0.000000164. The second-order valence-electron chi connectivity index (χ2n) is 30.2. The lowest BCUT2D eigenvalue weighted by Gasteiger charge is -2.18. The number of para-hydroxylation sites is 1. The highest BCUT2D eigenvalue weighted by Gasteiger charge is 2.22. The third-order valence-corrected chi connectivity index (χ3v) is 23.5. The first-order chi connectivity index (χ1) is 57.5. The Morgan fingerprint density at radius 2 is 0.405 bits per heavy atom. The van der Waals surface area contributed by atoms with Gasteiger partial charge in [0.15, 0.2) is 0 Å². The Kier molecular flexibility index (Phi) is 16.6. The molecule has 0 saturated carbocycles. The standard InChI is InChI=1S/C72H44N2.C40H26N2/c1-3-17-45(18-4-1)51-41-69(46-19-5-2-6-20-46)73-70(42-51)47-31-33-48(34-32-47)71-44-65(50-36-38-62-57-26-10-8-22-53(57)55-24-12-14-28-59(55)67(62)40-50)68-43-64(60-29-15-16-30-63(60)72(68)74-71)49-35-37-61-56-25-9-7-21-52(56)54-23-11-13-27-58(54)66(61)39-49;1-3-11-27(12-4-1)34-25-36-35(28-13-5-2-6-14-28)26-39(42-40(36)33-17-9-8-16-32(33)34)31-21-19-30(20-22-31)38-24-23-29-15-7-10-18-37(29)41-38/h1-44H;1-26H. The van der Waals surface area contributed by atoms with Gasteiger partial charge in [0.1, 0.15) is 0 Å². The summed E-state index contributed by atoms with van der Waals surface area (Å²) >= 11 is 0. The average molecular weight is 1470 g/mol. The number of hydrogen-bond acceptors (Lipinski definition) is 4. The van der Waals surface area contributed by atoms with Crippen molar-refractivity contribution in [2.75, 3.05) is 0 Å². The summed E-state index contributed by atoms with van der Waals surface area (Å²) in [5.74, 6) is 0. The predicted molar refractivity (Wildman–Crippen MR) is 491 cm³/mol. The molecule has 0 fully saturated rings. The molecule has 23 rings (SSSR count). The number of pyridine rings is 4. The highest BCUT2D eigenvalue weighted by Crippen LogP contribution is 2.47. The number of aromatic nitrogens is 4. The van der Waals surface area contributed by atoms with Crippen LogP contribution in [0.1, 0.15) is 0 Å². The molecule has 0 spiro atoms. The molecule has 0 bridgehead atoms. The van der Waals surface area contributed by atoms with Gasteiger partial charge in [0.2, 0.25) is 0 Å². The third-order valence-electron chi connectivity index (χ3n) is 23.5. The van der Waals surface area contributed by atoms with E-state index in [9.17, 15) is 0 Å². The largest absolute Gasteiger partial charge is 0.248 e. The molecule has 4 heteroatoms. The van der Waals surface area contributed by atoms with E-state index in [-0.39, 0.29) is 0 Å². The van der Waals surface area contributed by atoms with E-state index in [1.54, 1.807) is 0 Å². The normalized spacial score (nSPS) is 11.6. The topological polar surface area (TPSA) is 51.6 Å². The van der Waals surface area contributed by atoms with Gasteiger partial charge < -0.3 is 0 Å². The van der Waals surface area contributed by atoms with Crippen LogP contribution in [0.3, 0.4) is 0 Å². The molecule has 4 nitrogen and oxygen atoms in total. The Hall–Kier alpha value is -15.4. The van der Waals surface area contributed by atoms with Gasteiger partial charge in [0.25, 0.3) is 0 Å². The van der Waals surface area contributed by atoms with Gasteiger partial charge in [-0.3, -0.25) is 0 Å². The van der Waals surface area contributed by atoms with Gasteiger partial charge in [-0.2, -0.15) is 0 Å². The summed E-state index contributed by atoms with van der Waals surface area (Å²) in [6.07, 6.45) is 0. The lowest BCUT2D eigenvalue weighted by atomic mass is 9.88. The van der Waals surface area contributed by atoms with E-state index < -0.39 is 0 Å². The lowest BCUT2D eigenvalue weighted by Crippen LogP contribution is -1.94. The summed E-state index contributed by atoms with van der Waals surface area (Å²) in [6.45, 7) is 0. The van der Waals surface area contributed by atoms with Crippen LogP contribution < -0.4 is 0 Å².